The number of carbonyl (C=O) groups excluding carboxylic acids is 1. The zero-order chi connectivity index (χ0) is 18.9. The monoisotopic (exact) mass is 394 g/mol. The molecule has 1 amide bonds. The average molecular weight is 394 g/mol. The van der Waals surface area contributed by atoms with E-state index in [1.54, 1.807) is 18.2 Å². The fourth-order valence-corrected chi connectivity index (χ4v) is 3.99. The normalized spacial score (nSPS) is 15.3. The molecular weight excluding hydrogens is 380 g/mol. The SMILES string of the molecule is NS(=O)(=O)c1ccc(NC(=O)CC2=NS(=O)(=O)c3ccccc3N2)cc1. The van der Waals surface area contributed by atoms with E-state index in [4.69, 9.17) is 5.14 Å². The zero-order valence-corrected chi connectivity index (χ0v) is 14.8. The van der Waals surface area contributed by atoms with Crippen LogP contribution in [-0.4, -0.2) is 28.6 Å². The van der Waals surface area contributed by atoms with Gasteiger partial charge in [-0.15, -0.1) is 4.40 Å². The van der Waals surface area contributed by atoms with Gasteiger partial charge in [-0.25, -0.2) is 13.6 Å². The number of hydrogen-bond donors (Lipinski definition) is 3. The largest absolute Gasteiger partial charge is 0.341 e. The summed E-state index contributed by atoms with van der Waals surface area (Å²) in [6.07, 6.45) is -0.301. The van der Waals surface area contributed by atoms with Crippen LogP contribution in [0.3, 0.4) is 0 Å². The number of amidine groups is 1. The summed E-state index contributed by atoms with van der Waals surface area (Å²) in [4.78, 5) is 12.1. The molecular formula is C15H14N4O5S2. The van der Waals surface area contributed by atoms with Crippen molar-refractivity contribution in [2.24, 2.45) is 9.54 Å². The van der Waals surface area contributed by atoms with Crippen LogP contribution in [0.2, 0.25) is 0 Å². The summed E-state index contributed by atoms with van der Waals surface area (Å²) in [5, 5.41) is 10.3. The standard InChI is InChI=1S/C15H14N4O5S2/c16-25(21,22)11-7-5-10(6-8-11)17-15(20)9-14-18-12-3-1-2-4-13(12)26(23,24)19-14/h1-8H,9H2,(H,17,20)(H,18,19)(H2,16,21,22). The minimum atomic E-state index is -3.87. The fourth-order valence-electron chi connectivity index (χ4n) is 2.33. The number of carbonyl (C=O) groups is 1. The highest BCUT2D eigenvalue weighted by Crippen LogP contribution is 2.27. The quantitative estimate of drug-likeness (QED) is 0.701. The Morgan fingerprint density at radius 3 is 2.42 bits per heavy atom. The van der Waals surface area contributed by atoms with Gasteiger partial charge in [-0.2, -0.15) is 8.42 Å². The number of primary sulfonamides is 1. The molecule has 0 aromatic heterocycles. The van der Waals surface area contributed by atoms with Crippen molar-refractivity contribution in [2.45, 2.75) is 16.2 Å². The maximum Gasteiger partial charge on any atom is 0.286 e. The van der Waals surface area contributed by atoms with Gasteiger partial charge in [0.1, 0.15) is 10.7 Å². The first-order valence-corrected chi connectivity index (χ1v) is 10.3. The fraction of sp³-hybridized carbons (Fsp3) is 0.0667. The van der Waals surface area contributed by atoms with Crippen LogP contribution in [0, 0.1) is 0 Å². The maximum absolute atomic E-state index is 12.1. The van der Waals surface area contributed by atoms with Crippen LogP contribution in [0.15, 0.2) is 62.7 Å². The van der Waals surface area contributed by atoms with E-state index in [1.807, 2.05) is 0 Å². The first-order valence-electron chi connectivity index (χ1n) is 7.28. The van der Waals surface area contributed by atoms with Crippen molar-refractivity contribution in [1.29, 1.82) is 0 Å². The Morgan fingerprint density at radius 2 is 1.77 bits per heavy atom. The third-order valence-electron chi connectivity index (χ3n) is 3.47. The van der Waals surface area contributed by atoms with Crippen molar-refractivity contribution in [3.05, 3.63) is 48.5 Å². The summed E-state index contributed by atoms with van der Waals surface area (Å²) in [5.74, 6) is -0.531. The van der Waals surface area contributed by atoms with Crippen LogP contribution >= 0.6 is 0 Å². The molecule has 9 nitrogen and oxygen atoms in total. The molecule has 136 valence electrons. The molecule has 2 aromatic rings. The van der Waals surface area contributed by atoms with Crippen molar-refractivity contribution in [3.8, 4) is 0 Å². The number of nitrogens with zero attached hydrogens (tertiary/aromatic N) is 1. The molecule has 2 aromatic carbocycles. The number of hydrogen-bond acceptors (Lipinski definition) is 6. The number of para-hydroxylation sites is 1. The lowest BCUT2D eigenvalue weighted by molar-refractivity contribution is -0.115. The third-order valence-corrected chi connectivity index (χ3v) is 5.77. The molecule has 0 atom stereocenters. The molecule has 11 heteroatoms. The summed E-state index contributed by atoms with van der Waals surface area (Å²) in [7, 11) is -7.69. The van der Waals surface area contributed by atoms with Crippen molar-refractivity contribution < 1.29 is 21.6 Å². The van der Waals surface area contributed by atoms with E-state index in [0.29, 0.717) is 11.4 Å². The van der Waals surface area contributed by atoms with Crippen molar-refractivity contribution in [3.63, 3.8) is 0 Å². The number of amides is 1. The second kappa shape index (κ2) is 6.52. The molecule has 4 N–H and O–H groups in total. The van der Waals surface area contributed by atoms with Gasteiger partial charge >= 0.3 is 0 Å². The van der Waals surface area contributed by atoms with Gasteiger partial charge in [0, 0.05) is 5.69 Å². The summed E-state index contributed by atoms with van der Waals surface area (Å²) in [5.41, 5.74) is 0.685. The Labute approximate surface area is 150 Å². The molecule has 0 aliphatic carbocycles. The van der Waals surface area contributed by atoms with Crippen LogP contribution in [0.4, 0.5) is 11.4 Å². The number of nitrogens with one attached hydrogen (secondary N) is 2. The number of rotatable bonds is 4. The van der Waals surface area contributed by atoms with Gasteiger partial charge in [0.05, 0.1) is 17.0 Å². The van der Waals surface area contributed by atoms with Crippen molar-refractivity contribution in [2.75, 3.05) is 10.6 Å². The number of nitrogens with two attached hydrogens (primary N) is 1. The molecule has 3 rings (SSSR count). The zero-order valence-electron chi connectivity index (χ0n) is 13.2. The molecule has 0 radical (unpaired) electrons. The minimum Gasteiger partial charge on any atom is -0.341 e. The van der Waals surface area contributed by atoms with Gasteiger partial charge in [-0.05, 0) is 36.4 Å². The molecule has 26 heavy (non-hydrogen) atoms. The molecule has 0 fully saturated rings. The molecule has 0 unspecified atom stereocenters. The third kappa shape index (κ3) is 3.90. The number of benzene rings is 2. The summed E-state index contributed by atoms with van der Waals surface area (Å²) in [6, 6.07) is 11.5. The molecule has 0 bridgehead atoms. The Hall–Kier alpha value is -2.76. The van der Waals surface area contributed by atoms with Crippen molar-refractivity contribution in [1.82, 2.24) is 0 Å². The Kier molecular flexibility index (Phi) is 4.52. The van der Waals surface area contributed by atoms with Gasteiger partial charge in [-0.1, -0.05) is 12.1 Å². The molecule has 0 spiro atoms. The van der Waals surface area contributed by atoms with Crippen LogP contribution in [0.1, 0.15) is 6.42 Å². The van der Waals surface area contributed by atoms with Crippen LogP contribution in [-0.2, 0) is 24.8 Å². The maximum atomic E-state index is 12.1. The first kappa shape index (κ1) is 18.0. The van der Waals surface area contributed by atoms with E-state index in [2.05, 4.69) is 15.0 Å². The molecule has 1 aliphatic heterocycles. The number of anilines is 2. The summed E-state index contributed by atoms with van der Waals surface area (Å²) < 4.78 is 50.3. The lowest BCUT2D eigenvalue weighted by atomic mass is 10.2. The Bertz CT molecular complexity index is 1110. The summed E-state index contributed by atoms with van der Waals surface area (Å²) >= 11 is 0. The van der Waals surface area contributed by atoms with Gasteiger partial charge in [0.25, 0.3) is 10.0 Å². The predicted molar refractivity (Wildman–Crippen MR) is 95.7 cm³/mol. The van der Waals surface area contributed by atoms with Gasteiger partial charge in [0.15, 0.2) is 0 Å². The second-order valence-electron chi connectivity index (χ2n) is 5.43. The lowest BCUT2D eigenvalue weighted by Crippen LogP contribution is -2.26. The second-order valence-corrected chi connectivity index (χ2v) is 8.56. The predicted octanol–water partition coefficient (Wildman–Crippen LogP) is 0.875. The Morgan fingerprint density at radius 1 is 1.12 bits per heavy atom. The van der Waals surface area contributed by atoms with Crippen LogP contribution in [0.5, 0.6) is 0 Å². The van der Waals surface area contributed by atoms with Crippen molar-refractivity contribution >= 4 is 43.2 Å². The average Bonchev–Trinajstić information content (AvgIpc) is 2.53. The van der Waals surface area contributed by atoms with Gasteiger partial charge in [-0.3, -0.25) is 4.79 Å². The minimum absolute atomic E-state index is 0.0117. The highest BCUT2D eigenvalue weighted by molar-refractivity contribution is 7.90. The highest BCUT2D eigenvalue weighted by atomic mass is 32.2. The van der Waals surface area contributed by atoms with Crippen LogP contribution in [0.25, 0.3) is 0 Å². The summed E-state index contributed by atoms with van der Waals surface area (Å²) in [6.45, 7) is 0. The van der Waals surface area contributed by atoms with E-state index in [0.717, 1.165) is 0 Å². The highest BCUT2D eigenvalue weighted by Gasteiger charge is 2.25. The van der Waals surface area contributed by atoms with E-state index in [1.165, 1.54) is 30.3 Å². The smallest absolute Gasteiger partial charge is 0.286 e. The van der Waals surface area contributed by atoms with E-state index < -0.39 is 26.0 Å². The molecule has 0 saturated carbocycles. The van der Waals surface area contributed by atoms with Crippen LogP contribution < -0.4 is 15.8 Å². The topological polar surface area (TPSA) is 148 Å². The lowest BCUT2D eigenvalue weighted by Gasteiger charge is -2.17. The first-order chi connectivity index (χ1) is 12.1. The Balaban J connectivity index is 1.72. The van der Waals surface area contributed by atoms with Gasteiger partial charge < -0.3 is 10.6 Å². The van der Waals surface area contributed by atoms with E-state index in [9.17, 15) is 21.6 Å². The number of fused-ring (bicyclic) bond motifs is 1. The molecule has 1 aliphatic rings. The molecule has 0 saturated heterocycles. The van der Waals surface area contributed by atoms with E-state index in [-0.39, 0.29) is 22.0 Å². The van der Waals surface area contributed by atoms with Gasteiger partial charge in [0.2, 0.25) is 15.9 Å². The van der Waals surface area contributed by atoms with E-state index >= 15 is 0 Å². The number of sulfonamides is 2. The molecule has 1 heterocycles.